The summed E-state index contributed by atoms with van der Waals surface area (Å²) < 4.78 is 11.0. The van der Waals surface area contributed by atoms with Crippen LogP contribution in [0.15, 0.2) is 11.6 Å². The third kappa shape index (κ3) is 1.39. The fraction of sp³-hybridized carbons (Fsp3) is 0.700. The van der Waals surface area contributed by atoms with E-state index in [0.29, 0.717) is 5.57 Å². The molecule has 0 spiro atoms. The third-order valence-corrected chi connectivity index (χ3v) is 2.55. The molecule has 0 amide bonds. The van der Waals surface area contributed by atoms with Crippen LogP contribution in [0.4, 0.5) is 0 Å². The van der Waals surface area contributed by atoms with Crippen LogP contribution in [-0.4, -0.2) is 35.0 Å². The van der Waals surface area contributed by atoms with Gasteiger partial charge in [0, 0.05) is 0 Å². The van der Waals surface area contributed by atoms with E-state index >= 15 is 0 Å². The molecular weight excluding hydrogens is 184 g/mol. The van der Waals surface area contributed by atoms with Crippen LogP contribution in [0, 0.1) is 0 Å². The summed E-state index contributed by atoms with van der Waals surface area (Å²) in [6, 6.07) is 0. The van der Waals surface area contributed by atoms with Gasteiger partial charge in [-0.1, -0.05) is 0 Å². The van der Waals surface area contributed by atoms with Crippen LogP contribution in [0.5, 0.6) is 0 Å². The van der Waals surface area contributed by atoms with E-state index in [2.05, 4.69) is 0 Å². The Hall–Kier alpha value is -0.710. The predicted molar refractivity (Wildman–Crippen MR) is 48.6 cm³/mol. The second kappa shape index (κ2) is 2.89. The van der Waals surface area contributed by atoms with Gasteiger partial charge in [-0.25, -0.2) is 0 Å². The molecule has 3 atom stereocenters. The number of hydrogen-bond donors (Lipinski definition) is 1. The highest BCUT2D eigenvalue weighted by Crippen LogP contribution is 2.34. The summed E-state index contributed by atoms with van der Waals surface area (Å²) in [5.41, 5.74) is 0.542. The fourth-order valence-corrected chi connectivity index (χ4v) is 1.90. The van der Waals surface area contributed by atoms with Gasteiger partial charge in [0.05, 0.1) is 0 Å². The van der Waals surface area contributed by atoms with E-state index in [4.69, 9.17) is 9.47 Å². The first-order chi connectivity index (χ1) is 6.41. The average Bonchev–Trinajstić information content (AvgIpc) is 2.37. The molecule has 1 saturated heterocycles. The highest BCUT2D eigenvalue weighted by atomic mass is 16.8. The number of hydrogen-bond acceptors (Lipinski definition) is 4. The molecule has 2 aliphatic rings. The molecule has 14 heavy (non-hydrogen) atoms. The van der Waals surface area contributed by atoms with E-state index in [9.17, 15) is 9.90 Å². The Morgan fingerprint density at radius 2 is 2.07 bits per heavy atom. The van der Waals surface area contributed by atoms with Gasteiger partial charge in [0.25, 0.3) is 0 Å². The van der Waals surface area contributed by atoms with Gasteiger partial charge in [-0.05, 0) is 32.4 Å². The SMILES string of the molecule is CC1=C[C@H]2OC(C)(C)O[C@H]2[C@H](O)C1=O. The highest BCUT2D eigenvalue weighted by molar-refractivity contribution is 5.99. The van der Waals surface area contributed by atoms with Gasteiger partial charge in [0.15, 0.2) is 11.6 Å². The van der Waals surface area contributed by atoms with Gasteiger partial charge in [-0.2, -0.15) is 0 Å². The van der Waals surface area contributed by atoms with Crippen molar-refractivity contribution >= 4 is 5.78 Å². The van der Waals surface area contributed by atoms with Crippen molar-refractivity contribution in [1.29, 1.82) is 0 Å². The normalized spacial score (nSPS) is 40.7. The number of ether oxygens (including phenoxy) is 2. The van der Waals surface area contributed by atoms with E-state index in [0.717, 1.165) is 0 Å². The third-order valence-electron chi connectivity index (χ3n) is 2.55. The molecule has 1 N–H and O–H groups in total. The van der Waals surface area contributed by atoms with Crippen molar-refractivity contribution in [2.45, 2.75) is 44.9 Å². The zero-order valence-electron chi connectivity index (χ0n) is 8.48. The zero-order chi connectivity index (χ0) is 10.5. The lowest BCUT2D eigenvalue weighted by atomic mass is 9.92. The molecule has 0 unspecified atom stereocenters. The average molecular weight is 198 g/mol. The number of fused-ring (bicyclic) bond motifs is 1. The van der Waals surface area contributed by atoms with Gasteiger partial charge in [0.2, 0.25) is 0 Å². The quantitative estimate of drug-likeness (QED) is 0.612. The number of ketones is 1. The van der Waals surface area contributed by atoms with E-state index in [-0.39, 0.29) is 11.9 Å². The Kier molecular flexibility index (Phi) is 2.03. The summed E-state index contributed by atoms with van der Waals surface area (Å²) in [7, 11) is 0. The fourth-order valence-electron chi connectivity index (χ4n) is 1.90. The summed E-state index contributed by atoms with van der Waals surface area (Å²) >= 11 is 0. The number of Topliss-reactive ketones (excluding diaryl/α,β-unsaturated/α-hetero) is 1. The van der Waals surface area contributed by atoms with Crippen molar-refractivity contribution in [2.24, 2.45) is 0 Å². The number of carbonyl (C=O) groups is 1. The molecule has 1 aliphatic carbocycles. The largest absolute Gasteiger partial charge is 0.382 e. The summed E-state index contributed by atoms with van der Waals surface area (Å²) in [6.07, 6.45) is -0.236. The van der Waals surface area contributed by atoms with Crippen molar-refractivity contribution in [3.05, 3.63) is 11.6 Å². The van der Waals surface area contributed by atoms with E-state index in [1.54, 1.807) is 26.8 Å². The first-order valence-corrected chi connectivity index (χ1v) is 4.67. The van der Waals surface area contributed by atoms with Crippen molar-refractivity contribution in [3.63, 3.8) is 0 Å². The number of carbonyl (C=O) groups excluding carboxylic acids is 1. The van der Waals surface area contributed by atoms with Gasteiger partial charge in [-0.3, -0.25) is 4.79 Å². The molecule has 0 radical (unpaired) electrons. The summed E-state index contributed by atoms with van der Waals surface area (Å²) in [5, 5.41) is 9.66. The maximum Gasteiger partial charge on any atom is 0.189 e. The van der Waals surface area contributed by atoms with E-state index in [1.165, 1.54) is 0 Å². The van der Waals surface area contributed by atoms with E-state index < -0.39 is 18.0 Å². The number of rotatable bonds is 0. The van der Waals surface area contributed by atoms with Crippen LogP contribution < -0.4 is 0 Å². The Morgan fingerprint density at radius 1 is 1.43 bits per heavy atom. The second-order valence-corrected chi connectivity index (χ2v) is 4.22. The molecule has 1 aliphatic heterocycles. The molecule has 78 valence electrons. The predicted octanol–water partition coefficient (Wildman–Crippen LogP) is 0.396. The molecule has 0 aromatic carbocycles. The molecule has 2 rings (SSSR count). The molecular formula is C10H14O4. The maximum atomic E-state index is 11.4. The Labute approximate surface area is 82.5 Å². The maximum absolute atomic E-state index is 11.4. The first kappa shape index (κ1) is 9.83. The molecule has 0 aromatic rings. The first-order valence-electron chi connectivity index (χ1n) is 4.67. The minimum atomic E-state index is -1.09. The van der Waals surface area contributed by atoms with Crippen molar-refractivity contribution in [3.8, 4) is 0 Å². The van der Waals surface area contributed by atoms with Crippen LogP contribution in [0.2, 0.25) is 0 Å². The van der Waals surface area contributed by atoms with Gasteiger partial charge in [-0.15, -0.1) is 0 Å². The number of aliphatic hydroxyl groups is 1. The minimum absolute atomic E-state index is 0.271. The van der Waals surface area contributed by atoms with Gasteiger partial charge >= 0.3 is 0 Å². The van der Waals surface area contributed by atoms with Crippen LogP contribution in [0.1, 0.15) is 20.8 Å². The lowest BCUT2D eigenvalue weighted by Crippen LogP contribution is -2.44. The molecule has 0 saturated carbocycles. The zero-order valence-corrected chi connectivity index (χ0v) is 8.48. The summed E-state index contributed by atoms with van der Waals surface area (Å²) in [4.78, 5) is 11.4. The highest BCUT2D eigenvalue weighted by Gasteiger charge is 2.48. The topological polar surface area (TPSA) is 55.8 Å². The van der Waals surface area contributed by atoms with Gasteiger partial charge < -0.3 is 14.6 Å². The minimum Gasteiger partial charge on any atom is -0.382 e. The molecule has 1 fully saturated rings. The Balaban J connectivity index is 2.30. The molecule has 4 heteroatoms. The Bertz CT molecular complexity index is 305. The molecule has 0 aromatic heterocycles. The molecule has 1 heterocycles. The molecule has 0 bridgehead atoms. The number of aliphatic hydroxyl groups excluding tert-OH is 1. The lowest BCUT2D eigenvalue weighted by Gasteiger charge is -2.24. The smallest absolute Gasteiger partial charge is 0.189 e. The van der Waals surface area contributed by atoms with Gasteiger partial charge in [0.1, 0.15) is 18.3 Å². The molecule has 4 nitrogen and oxygen atoms in total. The van der Waals surface area contributed by atoms with Crippen molar-refractivity contribution in [1.82, 2.24) is 0 Å². The van der Waals surface area contributed by atoms with E-state index in [1.807, 2.05) is 0 Å². The van der Waals surface area contributed by atoms with Crippen LogP contribution in [0.3, 0.4) is 0 Å². The van der Waals surface area contributed by atoms with Crippen molar-refractivity contribution in [2.75, 3.05) is 0 Å². The van der Waals surface area contributed by atoms with Crippen molar-refractivity contribution < 1.29 is 19.4 Å². The van der Waals surface area contributed by atoms with Crippen LogP contribution in [-0.2, 0) is 14.3 Å². The Morgan fingerprint density at radius 3 is 2.71 bits per heavy atom. The lowest BCUT2D eigenvalue weighted by molar-refractivity contribution is -0.156. The van der Waals surface area contributed by atoms with Crippen LogP contribution >= 0.6 is 0 Å². The standard InChI is InChI=1S/C10H14O4/c1-5-4-6-9(8(12)7(5)11)14-10(2,3)13-6/h4,6,8-9,12H,1-3H3/t6-,8-,9-/m1/s1. The second-order valence-electron chi connectivity index (χ2n) is 4.22. The summed E-state index contributed by atoms with van der Waals surface area (Å²) in [6.45, 7) is 5.22. The summed E-state index contributed by atoms with van der Waals surface area (Å²) in [5.74, 6) is -0.995. The van der Waals surface area contributed by atoms with Crippen LogP contribution in [0.25, 0.3) is 0 Å². The monoisotopic (exact) mass is 198 g/mol.